The van der Waals surface area contributed by atoms with Crippen molar-refractivity contribution in [3.63, 3.8) is 0 Å². The zero-order valence-corrected chi connectivity index (χ0v) is 21.9. The Morgan fingerprint density at radius 2 is 1.70 bits per heavy atom. The van der Waals surface area contributed by atoms with Crippen molar-refractivity contribution < 1.29 is 13.2 Å². The SMILES string of the molecule is CCCCN(/C=C/C1C(C)(C)c2c(CC(F)(F)F)cccc2[N+]1(C)CCC(C)C)CCCC. The lowest BCUT2D eigenvalue weighted by Gasteiger charge is -2.39. The van der Waals surface area contributed by atoms with E-state index in [-0.39, 0.29) is 11.5 Å². The largest absolute Gasteiger partial charge is 0.393 e. The zero-order chi connectivity index (χ0) is 24.9. The number of likely N-dealkylation sites (N-methyl/N-ethyl adjacent to an activating group) is 1. The zero-order valence-electron chi connectivity index (χ0n) is 21.9. The standard InChI is InChI=1S/C28H46F3N2/c1-8-10-17-32(18-11-9-2)19-15-25-27(5,6)26-23(21-28(29,30)31)13-12-14-24(26)33(25,7)20-16-22(3)4/h12-15,19,22,25H,8-11,16-18,20-21H2,1-7H3/q+1/b19-15+. The summed E-state index contributed by atoms with van der Waals surface area (Å²) in [5.41, 5.74) is 2.01. The van der Waals surface area contributed by atoms with E-state index in [1.54, 1.807) is 6.07 Å². The van der Waals surface area contributed by atoms with Crippen LogP contribution in [-0.2, 0) is 11.8 Å². The fourth-order valence-electron chi connectivity index (χ4n) is 5.53. The van der Waals surface area contributed by atoms with E-state index in [0.717, 1.165) is 63.0 Å². The van der Waals surface area contributed by atoms with Crippen molar-refractivity contribution in [1.82, 2.24) is 9.38 Å². The van der Waals surface area contributed by atoms with Crippen molar-refractivity contribution in [2.24, 2.45) is 5.92 Å². The molecular weight excluding hydrogens is 421 g/mol. The van der Waals surface area contributed by atoms with Gasteiger partial charge in [-0.1, -0.05) is 52.7 Å². The molecule has 0 amide bonds. The summed E-state index contributed by atoms with van der Waals surface area (Å²) < 4.78 is 41.1. The van der Waals surface area contributed by atoms with Crippen molar-refractivity contribution >= 4 is 5.69 Å². The summed E-state index contributed by atoms with van der Waals surface area (Å²) in [5, 5.41) is 0. The van der Waals surface area contributed by atoms with Crippen molar-refractivity contribution in [1.29, 1.82) is 0 Å². The lowest BCUT2D eigenvalue weighted by molar-refractivity contribution is -0.127. The molecule has 0 N–H and O–H groups in total. The summed E-state index contributed by atoms with van der Waals surface area (Å²) in [6.07, 6.45) is 5.13. The molecule has 0 aromatic heterocycles. The maximum atomic E-state index is 13.5. The molecule has 0 aliphatic carbocycles. The van der Waals surface area contributed by atoms with Gasteiger partial charge >= 0.3 is 6.18 Å². The van der Waals surface area contributed by atoms with Crippen molar-refractivity contribution in [2.75, 3.05) is 26.7 Å². The van der Waals surface area contributed by atoms with Crippen LogP contribution in [0.2, 0.25) is 0 Å². The van der Waals surface area contributed by atoms with Crippen LogP contribution in [-0.4, -0.2) is 43.8 Å². The van der Waals surface area contributed by atoms with Gasteiger partial charge in [-0.15, -0.1) is 0 Å². The number of halogens is 3. The van der Waals surface area contributed by atoms with Crippen LogP contribution in [0, 0.1) is 5.92 Å². The first-order valence-electron chi connectivity index (χ1n) is 12.8. The molecule has 0 saturated carbocycles. The van der Waals surface area contributed by atoms with Gasteiger partial charge in [-0.25, -0.2) is 0 Å². The maximum absolute atomic E-state index is 13.5. The molecule has 2 atom stereocenters. The average Bonchev–Trinajstić information content (AvgIpc) is 2.89. The Labute approximate surface area is 200 Å². The van der Waals surface area contributed by atoms with Gasteiger partial charge in [0, 0.05) is 24.9 Å². The average molecular weight is 468 g/mol. The quantitative estimate of drug-likeness (QED) is 0.283. The topological polar surface area (TPSA) is 3.24 Å². The molecule has 1 aliphatic heterocycles. The van der Waals surface area contributed by atoms with Crippen LogP contribution < -0.4 is 4.48 Å². The van der Waals surface area contributed by atoms with E-state index in [9.17, 15) is 13.2 Å². The second kappa shape index (κ2) is 11.3. The van der Waals surface area contributed by atoms with Gasteiger partial charge in [0.15, 0.2) is 0 Å². The first-order valence-corrected chi connectivity index (χ1v) is 12.8. The van der Waals surface area contributed by atoms with Gasteiger partial charge < -0.3 is 4.90 Å². The summed E-state index contributed by atoms with van der Waals surface area (Å²) in [6, 6.07) is 5.66. The molecule has 1 aliphatic rings. The van der Waals surface area contributed by atoms with E-state index in [4.69, 9.17) is 0 Å². The molecule has 33 heavy (non-hydrogen) atoms. The lowest BCUT2D eigenvalue weighted by atomic mass is 9.77. The van der Waals surface area contributed by atoms with Gasteiger partial charge in [0.05, 0.1) is 25.4 Å². The van der Waals surface area contributed by atoms with E-state index in [1.807, 2.05) is 6.07 Å². The predicted molar refractivity (Wildman–Crippen MR) is 136 cm³/mol. The summed E-state index contributed by atoms with van der Waals surface area (Å²) >= 11 is 0. The first-order chi connectivity index (χ1) is 15.4. The number of fused-ring (bicyclic) bond motifs is 1. The number of unbranched alkanes of at least 4 members (excludes halogenated alkanes) is 2. The summed E-state index contributed by atoms with van der Waals surface area (Å²) in [5.74, 6) is 0.542. The van der Waals surface area contributed by atoms with Gasteiger partial charge in [-0.2, -0.15) is 13.2 Å². The molecule has 2 unspecified atom stereocenters. The van der Waals surface area contributed by atoms with Gasteiger partial charge in [-0.3, -0.25) is 4.48 Å². The molecule has 0 bridgehead atoms. The number of hydrogen-bond donors (Lipinski definition) is 0. The van der Waals surface area contributed by atoms with E-state index in [0.29, 0.717) is 16.0 Å². The molecular formula is C28H46F3N2+. The fraction of sp³-hybridized carbons (Fsp3) is 0.714. The molecule has 2 rings (SSSR count). The van der Waals surface area contributed by atoms with Crippen LogP contribution in [0.15, 0.2) is 30.5 Å². The number of alkyl halides is 3. The molecule has 0 spiro atoms. The second-order valence-electron chi connectivity index (χ2n) is 11.0. The molecule has 2 nitrogen and oxygen atoms in total. The van der Waals surface area contributed by atoms with Crippen molar-refractivity contribution in [3.8, 4) is 0 Å². The van der Waals surface area contributed by atoms with Crippen LogP contribution in [0.25, 0.3) is 0 Å². The Hall–Kier alpha value is -1.49. The maximum Gasteiger partial charge on any atom is 0.393 e. The minimum atomic E-state index is -4.21. The van der Waals surface area contributed by atoms with Gasteiger partial charge in [0.25, 0.3) is 0 Å². The molecule has 0 fully saturated rings. The minimum absolute atomic E-state index is 0.0892. The highest BCUT2D eigenvalue weighted by Gasteiger charge is 2.55. The summed E-state index contributed by atoms with van der Waals surface area (Å²) in [7, 11) is 2.23. The van der Waals surface area contributed by atoms with Crippen LogP contribution in [0.5, 0.6) is 0 Å². The third-order valence-corrected chi connectivity index (χ3v) is 7.32. The third-order valence-electron chi connectivity index (χ3n) is 7.32. The molecule has 188 valence electrons. The van der Waals surface area contributed by atoms with Crippen LogP contribution in [0.4, 0.5) is 18.9 Å². The molecule has 5 heteroatoms. The highest BCUT2D eigenvalue weighted by atomic mass is 19.4. The normalized spacial score (nSPS) is 22.3. The monoisotopic (exact) mass is 467 g/mol. The lowest BCUT2D eigenvalue weighted by Crippen LogP contribution is -2.55. The number of benzene rings is 1. The van der Waals surface area contributed by atoms with Crippen LogP contribution in [0.3, 0.4) is 0 Å². The van der Waals surface area contributed by atoms with Gasteiger partial charge in [-0.05, 0) is 56.7 Å². The number of quaternary nitrogens is 1. The Morgan fingerprint density at radius 3 is 2.21 bits per heavy atom. The van der Waals surface area contributed by atoms with E-state index in [1.165, 1.54) is 0 Å². The highest BCUT2D eigenvalue weighted by molar-refractivity contribution is 5.64. The van der Waals surface area contributed by atoms with Crippen LogP contribution in [0.1, 0.15) is 84.8 Å². The molecule has 1 aromatic rings. The fourth-order valence-corrected chi connectivity index (χ4v) is 5.53. The van der Waals surface area contributed by atoms with Crippen molar-refractivity contribution in [2.45, 2.75) is 97.7 Å². The highest BCUT2D eigenvalue weighted by Crippen LogP contribution is 2.52. The predicted octanol–water partition coefficient (Wildman–Crippen LogP) is 7.85. The third kappa shape index (κ3) is 6.77. The minimum Gasteiger partial charge on any atom is -0.377 e. The molecule has 0 saturated heterocycles. The van der Waals surface area contributed by atoms with Crippen LogP contribution >= 0.6 is 0 Å². The first kappa shape index (κ1) is 27.8. The molecule has 1 heterocycles. The molecule has 0 radical (unpaired) electrons. The summed E-state index contributed by atoms with van der Waals surface area (Å²) in [6.45, 7) is 16.1. The van der Waals surface area contributed by atoms with E-state index >= 15 is 0 Å². The smallest absolute Gasteiger partial charge is 0.377 e. The number of nitrogens with zero attached hydrogens (tertiary/aromatic N) is 2. The van der Waals surface area contributed by atoms with E-state index in [2.05, 4.69) is 71.8 Å². The number of hydrogen-bond acceptors (Lipinski definition) is 1. The second-order valence-corrected chi connectivity index (χ2v) is 11.0. The van der Waals surface area contributed by atoms with Crippen molar-refractivity contribution in [3.05, 3.63) is 41.6 Å². The molecule has 1 aromatic carbocycles. The Morgan fingerprint density at radius 1 is 1.09 bits per heavy atom. The summed E-state index contributed by atoms with van der Waals surface area (Å²) in [4.78, 5) is 2.41. The Balaban J connectivity index is 2.53. The van der Waals surface area contributed by atoms with Gasteiger partial charge in [0.1, 0.15) is 11.7 Å². The van der Waals surface area contributed by atoms with E-state index < -0.39 is 12.6 Å². The van der Waals surface area contributed by atoms with Gasteiger partial charge in [0.2, 0.25) is 0 Å². The Kier molecular flexibility index (Phi) is 9.50. The Bertz CT molecular complexity index is 774. The number of rotatable bonds is 12.